The molecule has 2 aromatic rings. The van der Waals surface area contributed by atoms with Gasteiger partial charge in [-0.05, 0) is 0 Å². The minimum Gasteiger partial charge on any atom is -1.00 e. The zero-order valence-electron chi connectivity index (χ0n) is 20.5. The molecule has 2 unspecified atom stereocenters. The van der Waals surface area contributed by atoms with Gasteiger partial charge in [0.15, 0.2) is 0 Å². The Morgan fingerprint density at radius 3 is 1.94 bits per heavy atom. The molecule has 168 valence electrons. The van der Waals surface area contributed by atoms with Gasteiger partial charge in [-0.25, -0.2) is 0 Å². The Morgan fingerprint density at radius 2 is 1.41 bits per heavy atom. The number of hydrogen-bond acceptors (Lipinski definition) is 0. The van der Waals surface area contributed by atoms with Crippen LogP contribution in [0.25, 0.3) is 5.57 Å². The summed E-state index contributed by atoms with van der Waals surface area (Å²) in [6.07, 6.45) is 2.70. The minimum absolute atomic E-state index is 0. The van der Waals surface area contributed by atoms with Gasteiger partial charge in [0.1, 0.15) is 0 Å². The van der Waals surface area contributed by atoms with Crippen molar-refractivity contribution in [1.29, 1.82) is 0 Å². The summed E-state index contributed by atoms with van der Waals surface area (Å²) >= 11 is -1.93. The van der Waals surface area contributed by atoms with E-state index in [0.29, 0.717) is 9.54 Å². The zero-order valence-corrected chi connectivity index (χ0v) is 25.5. The Bertz CT molecular complexity index is 1170. The standard InChI is InChI=1S/C17H15.C9H13.C2H6Si.2ClH.Zr/c1-12-10-15-8-9-16(17(15)11-13(12)2)14-6-4-3-5-7-14;1-6-5-7(2)9(4)8(6)3;1-3-2;;;/h3-11H,1-2H3;6H,1-4H3;1-2H3;2*1H;/q;;;;;+2/p-2. The molecule has 0 saturated heterocycles. The van der Waals surface area contributed by atoms with Crippen LogP contribution >= 0.6 is 0 Å². The first kappa shape index (κ1) is 27.6. The van der Waals surface area contributed by atoms with E-state index in [2.05, 4.69) is 103 Å². The van der Waals surface area contributed by atoms with Crippen LogP contribution in [0.5, 0.6) is 0 Å². The molecule has 0 spiro atoms. The normalized spacial score (nSPS) is 19.0. The average molecular weight is 561 g/mol. The second-order valence-corrected chi connectivity index (χ2v) is 26.9. The van der Waals surface area contributed by atoms with Gasteiger partial charge >= 0.3 is 192 Å². The van der Waals surface area contributed by atoms with Crippen LogP contribution in [0.15, 0.2) is 68.5 Å². The van der Waals surface area contributed by atoms with Crippen LogP contribution in [0.1, 0.15) is 59.1 Å². The number of hydrogen-bond donors (Lipinski definition) is 0. The number of aryl methyl sites for hydroxylation is 2. The van der Waals surface area contributed by atoms with Crippen LogP contribution in [0.4, 0.5) is 0 Å². The molecule has 32 heavy (non-hydrogen) atoms. The predicted molar refractivity (Wildman–Crippen MR) is 130 cm³/mol. The molecule has 0 amide bonds. The van der Waals surface area contributed by atoms with Crippen LogP contribution in [0.2, 0.25) is 13.1 Å². The van der Waals surface area contributed by atoms with Crippen LogP contribution in [0.3, 0.4) is 0 Å². The zero-order chi connectivity index (χ0) is 21.7. The number of fused-ring (bicyclic) bond motifs is 1. The summed E-state index contributed by atoms with van der Waals surface area (Å²) in [5.74, 6) is 0.656. The van der Waals surface area contributed by atoms with E-state index < -0.39 is 20.4 Å². The molecule has 0 heterocycles. The number of halogens is 2. The summed E-state index contributed by atoms with van der Waals surface area (Å²) < 4.78 is 2.58. The summed E-state index contributed by atoms with van der Waals surface area (Å²) in [5.41, 5.74) is 13.3. The minimum atomic E-state index is -1.93. The molecule has 4 rings (SSSR count). The monoisotopic (exact) mass is 558 g/mol. The van der Waals surface area contributed by atoms with Gasteiger partial charge in [-0.1, -0.05) is 0 Å². The molecule has 0 fully saturated rings. The fourth-order valence-electron chi connectivity index (χ4n) is 5.33. The molecule has 2 atom stereocenters. The first-order valence-corrected chi connectivity index (χ1v) is 20.0. The Labute approximate surface area is 215 Å². The van der Waals surface area contributed by atoms with Crippen LogP contribution in [0, 0.1) is 19.8 Å². The van der Waals surface area contributed by atoms with Gasteiger partial charge in [-0.15, -0.1) is 0 Å². The van der Waals surface area contributed by atoms with E-state index in [-0.39, 0.29) is 30.2 Å². The topological polar surface area (TPSA) is 0 Å². The van der Waals surface area contributed by atoms with E-state index in [1.807, 2.05) is 3.28 Å². The third kappa shape index (κ3) is 4.63. The third-order valence-electron chi connectivity index (χ3n) is 7.49. The van der Waals surface area contributed by atoms with Crippen molar-refractivity contribution in [1.82, 2.24) is 0 Å². The molecule has 2 aliphatic carbocycles. The Hall–Kier alpha value is -0.660. The van der Waals surface area contributed by atoms with Gasteiger partial charge in [0, 0.05) is 0 Å². The van der Waals surface area contributed by atoms with Gasteiger partial charge in [0.2, 0.25) is 0 Å². The van der Waals surface area contributed by atoms with Gasteiger partial charge in [-0.3, -0.25) is 0 Å². The van der Waals surface area contributed by atoms with Crippen molar-refractivity contribution in [3.8, 4) is 0 Å². The van der Waals surface area contributed by atoms with Gasteiger partial charge in [-0.2, -0.15) is 0 Å². The van der Waals surface area contributed by atoms with Crippen molar-refractivity contribution in [2.75, 3.05) is 0 Å². The molecular weight excluding hydrogens is 527 g/mol. The molecule has 2 aromatic carbocycles. The summed E-state index contributed by atoms with van der Waals surface area (Å²) in [5, 5.41) is 0. The van der Waals surface area contributed by atoms with E-state index in [0.717, 1.165) is 0 Å². The van der Waals surface area contributed by atoms with E-state index in [4.69, 9.17) is 0 Å². The van der Waals surface area contributed by atoms with Crippen LogP contribution in [-0.4, -0.2) is 5.43 Å². The van der Waals surface area contributed by atoms with E-state index in [1.54, 1.807) is 22.3 Å². The molecule has 0 aliphatic heterocycles. The summed E-state index contributed by atoms with van der Waals surface area (Å²) in [4.78, 5) is 0. The fourth-order valence-corrected chi connectivity index (χ4v) is 25.0. The Balaban J connectivity index is 0.00000181. The van der Waals surface area contributed by atoms with E-state index >= 15 is 0 Å². The SMILES string of the molecule is CC1=C(C)C(C)[C]([Zr+2]([CH]2C=C(c3ccccc3)c3cc(C)c(C)cc32)=[Si](C)C)=C1C.[Cl-].[Cl-]. The molecule has 0 aromatic heterocycles. The molecule has 4 heteroatoms. The summed E-state index contributed by atoms with van der Waals surface area (Å²) in [7, 11) is 0. The summed E-state index contributed by atoms with van der Waals surface area (Å²) in [6.45, 7) is 19.4. The second kappa shape index (κ2) is 10.7. The van der Waals surface area contributed by atoms with Gasteiger partial charge < -0.3 is 24.8 Å². The van der Waals surface area contributed by atoms with Crippen LogP contribution in [-0.2, 0) is 20.4 Å². The van der Waals surface area contributed by atoms with Crippen molar-refractivity contribution in [2.24, 2.45) is 5.92 Å². The van der Waals surface area contributed by atoms with E-state index in [1.165, 1.54) is 27.8 Å². The molecule has 0 nitrogen and oxygen atoms in total. The average Bonchev–Trinajstić information content (AvgIpc) is 3.16. The Morgan fingerprint density at radius 1 is 0.812 bits per heavy atom. The quantitative estimate of drug-likeness (QED) is 0.504. The maximum atomic E-state index is 2.70. The largest absolute Gasteiger partial charge is 1.00 e. The van der Waals surface area contributed by atoms with Crippen molar-refractivity contribution in [3.05, 3.63) is 96.4 Å². The van der Waals surface area contributed by atoms with Crippen molar-refractivity contribution < 1.29 is 45.2 Å². The predicted octanol–water partition coefficient (Wildman–Crippen LogP) is 1.93. The van der Waals surface area contributed by atoms with Gasteiger partial charge in [0.25, 0.3) is 0 Å². The molecule has 0 bridgehead atoms. The number of rotatable bonds is 3. The summed E-state index contributed by atoms with van der Waals surface area (Å²) in [6, 6.07) is 16.1. The third-order valence-corrected chi connectivity index (χ3v) is 26.1. The van der Waals surface area contributed by atoms with Crippen molar-refractivity contribution in [3.63, 3.8) is 0 Å². The molecule has 0 saturated carbocycles. The maximum absolute atomic E-state index is 2.70. The van der Waals surface area contributed by atoms with Crippen molar-refractivity contribution >= 4 is 11.0 Å². The number of allylic oxidation sites excluding steroid dienone is 5. The maximum Gasteiger partial charge on any atom is -1.00 e. The molecular formula is C28H34Cl2SiZr. The van der Waals surface area contributed by atoms with Crippen molar-refractivity contribution in [2.45, 2.75) is 58.3 Å². The number of benzene rings is 2. The second-order valence-electron chi connectivity index (χ2n) is 9.43. The molecule has 0 radical (unpaired) electrons. The fraction of sp³-hybridized carbons (Fsp3) is 0.357. The smallest absolute Gasteiger partial charge is 1.00 e. The van der Waals surface area contributed by atoms with Gasteiger partial charge in [0.05, 0.1) is 0 Å². The first-order chi connectivity index (χ1) is 14.2. The Kier molecular flexibility index (Phi) is 9.25. The van der Waals surface area contributed by atoms with E-state index in [9.17, 15) is 0 Å². The molecule has 2 aliphatic rings. The van der Waals surface area contributed by atoms with Crippen LogP contribution < -0.4 is 24.8 Å². The first-order valence-electron chi connectivity index (χ1n) is 11.2. The molecule has 0 N–H and O–H groups in total.